The molecule has 0 amide bonds. The van der Waals surface area contributed by atoms with E-state index in [1.165, 1.54) is 44.9 Å². The van der Waals surface area contributed by atoms with E-state index in [1.54, 1.807) is 0 Å². The molecule has 0 aromatic carbocycles. The van der Waals surface area contributed by atoms with Crippen molar-refractivity contribution in [3.63, 3.8) is 0 Å². The Morgan fingerprint density at radius 1 is 0.900 bits per heavy atom. The first-order chi connectivity index (χ1) is 14.0. The highest BCUT2D eigenvalue weighted by Gasteiger charge is 2.58. The number of hydrogen-bond acceptors (Lipinski definition) is 1. The molecule has 0 bridgehead atoms. The maximum atomic E-state index is 10.4. The topological polar surface area (TPSA) is 20.2 Å². The van der Waals surface area contributed by atoms with Gasteiger partial charge in [-0.05, 0) is 104 Å². The summed E-state index contributed by atoms with van der Waals surface area (Å²) < 4.78 is 0. The number of hydrogen-bond donors (Lipinski definition) is 1. The van der Waals surface area contributed by atoms with Crippen LogP contribution in [-0.4, -0.2) is 11.2 Å². The second-order valence-electron chi connectivity index (χ2n) is 12.9. The number of fused-ring (bicyclic) bond motifs is 4. The third-order valence-corrected chi connectivity index (χ3v) is 11.1. The van der Waals surface area contributed by atoms with Gasteiger partial charge in [0, 0.05) is 0 Å². The van der Waals surface area contributed by atoms with E-state index in [2.05, 4.69) is 60.6 Å². The minimum Gasteiger partial charge on any atom is -0.393 e. The van der Waals surface area contributed by atoms with Crippen LogP contribution in [0.25, 0.3) is 0 Å². The first-order valence-corrected chi connectivity index (χ1v) is 13.1. The van der Waals surface area contributed by atoms with Crippen molar-refractivity contribution in [2.75, 3.05) is 0 Å². The summed E-state index contributed by atoms with van der Waals surface area (Å²) in [5.74, 6) is 3.75. The molecule has 0 aromatic heterocycles. The largest absolute Gasteiger partial charge is 0.393 e. The lowest BCUT2D eigenvalue weighted by Crippen LogP contribution is -2.51. The standard InChI is InChI=1S/C29H48O/c1-19(2)20(3)8-9-21(4)24-10-11-25-23-13-15-27(5)18-22(30)12-17-29(27,7)26(23)14-16-28(24,25)6/h8-9,19-22,24-25,30H,10-18H2,1-7H3/b9-8+/t20-,21-,22+,24-,25+,27+,28-,29-/m1/s1. The molecule has 0 radical (unpaired) electrons. The fourth-order valence-electron chi connectivity index (χ4n) is 8.40. The molecule has 1 heteroatoms. The van der Waals surface area contributed by atoms with Gasteiger partial charge in [0.15, 0.2) is 0 Å². The minimum absolute atomic E-state index is 0.0733. The summed E-state index contributed by atoms with van der Waals surface area (Å²) >= 11 is 0. The monoisotopic (exact) mass is 412 g/mol. The van der Waals surface area contributed by atoms with Gasteiger partial charge in [0.25, 0.3) is 0 Å². The third kappa shape index (κ3) is 3.37. The molecule has 0 heterocycles. The molecule has 0 saturated heterocycles. The first kappa shape index (κ1) is 22.6. The Kier molecular flexibility index (Phi) is 5.87. The van der Waals surface area contributed by atoms with Gasteiger partial charge < -0.3 is 5.11 Å². The van der Waals surface area contributed by atoms with Gasteiger partial charge in [-0.25, -0.2) is 0 Å². The molecule has 4 rings (SSSR count). The molecule has 170 valence electrons. The summed E-state index contributed by atoms with van der Waals surface area (Å²) in [5, 5.41) is 10.4. The second kappa shape index (κ2) is 7.79. The lowest BCUT2D eigenvalue weighted by Gasteiger charge is -2.60. The van der Waals surface area contributed by atoms with Crippen LogP contribution < -0.4 is 0 Å². The van der Waals surface area contributed by atoms with Gasteiger partial charge in [0.2, 0.25) is 0 Å². The van der Waals surface area contributed by atoms with Crippen LogP contribution in [-0.2, 0) is 0 Å². The van der Waals surface area contributed by atoms with Gasteiger partial charge in [-0.3, -0.25) is 0 Å². The Bertz CT molecular complexity index is 716. The number of allylic oxidation sites excluding steroid dienone is 4. The fourth-order valence-corrected chi connectivity index (χ4v) is 8.40. The van der Waals surface area contributed by atoms with Gasteiger partial charge in [-0.1, -0.05) is 71.8 Å². The predicted octanol–water partition coefficient (Wildman–Crippen LogP) is 7.94. The summed E-state index contributed by atoms with van der Waals surface area (Å²) in [7, 11) is 0. The molecule has 30 heavy (non-hydrogen) atoms. The summed E-state index contributed by atoms with van der Waals surface area (Å²) in [6, 6.07) is 0. The van der Waals surface area contributed by atoms with E-state index >= 15 is 0 Å². The zero-order chi connectivity index (χ0) is 21.9. The molecule has 4 aliphatic carbocycles. The Morgan fingerprint density at radius 3 is 2.33 bits per heavy atom. The van der Waals surface area contributed by atoms with Crippen LogP contribution in [0.4, 0.5) is 0 Å². The molecule has 0 spiro atoms. The normalized spacial score (nSPS) is 46.0. The maximum absolute atomic E-state index is 10.4. The molecule has 8 atom stereocenters. The Morgan fingerprint density at radius 2 is 1.63 bits per heavy atom. The average Bonchev–Trinajstić information content (AvgIpc) is 3.04. The van der Waals surface area contributed by atoms with Crippen LogP contribution in [0, 0.1) is 45.8 Å². The lowest BCUT2D eigenvalue weighted by atomic mass is 9.45. The highest BCUT2D eigenvalue weighted by atomic mass is 16.3. The van der Waals surface area contributed by atoms with Crippen molar-refractivity contribution in [1.29, 1.82) is 0 Å². The summed E-state index contributed by atoms with van der Waals surface area (Å²) in [5.41, 5.74) is 4.86. The molecule has 1 nitrogen and oxygen atoms in total. The van der Waals surface area contributed by atoms with Gasteiger partial charge in [-0.15, -0.1) is 0 Å². The lowest BCUT2D eigenvalue weighted by molar-refractivity contribution is -0.0479. The molecule has 0 aliphatic heterocycles. The van der Waals surface area contributed by atoms with Crippen LogP contribution in [0.5, 0.6) is 0 Å². The first-order valence-electron chi connectivity index (χ1n) is 13.1. The van der Waals surface area contributed by atoms with E-state index in [-0.39, 0.29) is 6.10 Å². The molecular weight excluding hydrogens is 364 g/mol. The predicted molar refractivity (Wildman–Crippen MR) is 128 cm³/mol. The fraction of sp³-hybridized carbons (Fsp3) is 0.862. The van der Waals surface area contributed by atoms with Crippen molar-refractivity contribution in [3.05, 3.63) is 23.3 Å². The summed E-state index contributed by atoms with van der Waals surface area (Å²) in [4.78, 5) is 0. The highest BCUT2D eigenvalue weighted by molar-refractivity contribution is 5.36. The van der Waals surface area contributed by atoms with Crippen molar-refractivity contribution < 1.29 is 5.11 Å². The summed E-state index contributed by atoms with van der Waals surface area (Å²) in [6.07, 6.45) is 16.3. The average molecular weight is 413 g/mol. The van der Waals surface area contributed by atoms with Crippen LogP contribution >= 0.6 is 0 Å². The summed E-state index contributed by atoms with van der Waals surface area (Å²) in [6.45, 7) is 17.2. The molecular formula is C29H48O. The third-order valence-electron chi connectivity index (χ3n) is 11.1. The Labute approximate surface area is 186 Å². The number of aliphatic hydroxyl groups is 1. The molecule has 0 aromatic rings. The van der Waals surface area contributed by atoms with E-state index in [0.717, 1.165) is 30.6 Å². The zero-order valence-electron chi connectivity index (χ0n) is 20.9. The van der Waals surface area contributed by atoms with E-state index in [0.29, 0.717) is 28.1 Å². The van der Waals surface area contributed by atoms with Crippen LogP contribution in [0.1, 0.15) is 106 Å². The quantitative estimate of drug-likeness (QED) is 0.464. The van der Waals surface area contributed by atoms with Gasteiger partial charge in [-0.2, -0.15) is 0 Å². The van der Waals surface area contributed by atoms with Crippen molar-refractivity contribution in [2.45, 2.75) is 112 Å². The SMILES string of the molecule is CC(C)[C@H](C)/C=C/[C@@H](C)[C@H]1CC[C@H]2C3=C(CC[C@]12C)[C@@]1(C)CC[C@H](O)C[C@]1(C)CC3. The van der Waals surface area contributed by atoms with Crippen molar-refractivity contribution >= 4 is 0 Å². The van der Waals surface area contributed by atoms with Crippen molar-refractivity contribution in [1.82, 2.24) is 0 Å². The van der Waals surface area contributed by atoms with E-state index in [9.17, 15) is 5.11 Å². The van der Waals surface area contributed by atoms with E-state index in [1.807, 2.05) is 11.1 Å². The second-order valence-corrected chi connectivity index (χ2v) is 12.9. The van der Waals surface area contributed by atoms with Crippen LogP contribution in [0.3, 0.4) is 0 Å². The zero-order valence-corrected chi connectivity index (χ0v) is 20.9. The van der Waals surface area contributed by atoms with E-state index < -0.39 is 0 Å². The molecule has 4 aliphatic rings. The smallest absolute Gasteiger partial charge is 0.0546 e. The van der Waals surface area contributed by atoms with Gasteiger partial charge in [0.1, 0.15) is 0 Å². The molecule has 2 saturated carbocycles. The molecule has 1 N–H and O–H groups in total. The van der Waals surface area contributed by atoms with Crippen LogP contribution in [0.2, 0.25) is 0 Å². The number of rotatable bonds is 4. The van der Waals surface area contributed by atoms with Gasteiger partial charge in [0.05, 0.1) is 6.10 Å². The molecule has 0 unspecified atom stereocenters. The molecule has 2 fully saturated rings. The van der Waals surface area contributed by atoms with E-state index in [4.69, 9.17) is 0 Å². The minimum atomic E-state index is -0.0733. The highest BCUT2D eigenvalue weighted by Crippen LogP contribution is 2.68. The number of aliphatic hydroxyl groups excluding tert-OH is 1. The van der Waals surface area contributed by atoms with Crippen molar-refractivity contribution in [2.24, 2.45) is 45.8 Å². The van der Waals surface area contributed by atoms with Crippen molar-refractivity contribution in [3.8, 4) is 0 Å². The van der Waals surface area contributed by atoms with Crippen LogP contribution in [0.15, 0.2) is 23.3 Å². The maximum Gasteiger partial charge on any atom is 0.0546 e. The Hall–Kier alpha value is -0.560. The van der Waals surface area contributed by atoms with Gasteiger partial charge >= 0.3 is 0 Å². The Balaban J connectivity index is 1.60.